The van der Waals surface area contributed by atoms with Crippen molar-refractivity contribution in [1.29, 1.82) is 0 Å². The smallest absolute Gasteiger partial charge is 0.273 e. The van der Waals surface area contributed by atoms with Gasteiger partial charge in [-0.1, -0.05) is 32.2 Å². The Hall–Kier alpha value is -1.33. The van der Waals surface area contributed by atoms with Crippen LogP contribution in [0.2, 0.25) is 0 Å². The van der Waals surface area contributed by atoms with Crippen LogP contribution in [0.25, 0.3) is 0 Å². The molecule has 0 heterocycles. The van der Waals surface area contributed by atoms with E-state index in [1.807, 2.05) is 13.8 Å². The first kappa shape index (κ1) is 26.7. The summed E-state index contributed by atoms with van der Waals surface area (Å²) in [4.78, 5) is 33.5. The summed E-state index contributed by atoms with van der Waals surface area (Å²) in [6.45, 7) is 3.97. The fourth-order valence-electron chi connectivity index (χ4n) is 2.35. The van der Waals surface area contributed by atoms with Crippen molar-refractivity contribution in [2.45, 2.75) is 44.3 Å². The monoisotopic (exact) mass is 498 g/mol. The van der Waals surface area contributed by atoms with E-state index in [0.29, 0.717) is 6.42 Å². The molecule has 1 amide bonds. The molecule has 2 unspecified atom stereocenters. The molecule has 0 aromatic heterocycles. The molecule has 0 saturated heterocycles. The lowest BCUT2D eigenvalue weighted by Gasteiger charge is -2.37. The molecule has 0 bridgehead atoms. The van der Waals surface area contributed by atoms with E-state index in [-0.39, 0.29) is 29.1 Å². The van der Waals surface area contributed by atoms with Crippen molar-refractivity contribution in [1.82, 2.24) is 8.75 Å². The van der Waals surface area contributed by atoms with Crippen LogP contribution in [0, 0.1) is 20.2 Å². The molecule has 1 rings (SSSR count). The summed E-state index contributed by atoms with van der Waals surface area (Å²) in [6.07, 6.45) is 0.696. The van der Waals surface area contributed by atoms with Crippen molar-refractivity contribution >= 4 is 58.9 Å². The molecule has 30 heavy (non-hydrogen) atoms. The molecular weight excluding hydrogens is 475 g/mol. The number of benzene rings is 1. The van der Waals surface area contributed by atoms with Crippen molar-refractivity contribution in [3.63, 3.8) is 0 Å². The summed E-state index contributed by atoms with van der Waals surface area (Å²) in [6, 6.07) is 3.27. The second-order valence-corrected chi connectivity index (χ2v) is 12.6. The molecular formula is C16H24ClN4O6PS2. The summed E-state index contributed by atoms with van der Waals surface area (Å²) in [7, 11) is 0. The summed E-state index contributed by atoms with van der Waals surface area (Å²) in [5.74, 6) is -0.853. The van der Waals surface area contributed by atoms with E-state index in [4.69, 9.17) is 11.6 Å². The first-order valence-corrected chi connectivity index (χ1v) is 13.5. The van der Waals surface area contributed by atoms with Gasteiger partial charge in [-0.05, 0) is 31.4 Å². The zero-order valence-corrected chi connectivity index (χ0v) is 20.3. The van der Waals surface area contributed by atoms with E-state index < -0.39 is 33.8 Å². The molecule has 1 aromatic carbocycles. The first-order chi connectivity index (χ1) is 14.0. The summed E-state index contributed by atoms with van der Waals surface area (Å²) in [5, 5.41) is 22.4. The van der Waals surface area contributed by atoms with Crippen molar-refractivity contribution in [2.24, 2.45) is 0 Å². The highest BCUT2D eigenvalue weighted by molar-refractivity contribution is 8.58. The van der Waals surface area contributed by atoms with Crippen LogP contribution in [-0.4, -0.2) is 48.7 Å². The zero-order chi connectivity index (χ0) is 23.1. The van der Waals surface area contributed by atoms with E-state index in [0.717, 1.165) is 35.5 Å². The van der Waals surface area contributed by atoms with Crippen molar-refractivity contribution in [3.05, 3.63) is 38.4 Å². The van der Waals surface area contributed by atoms with E-state index in [1.54, 1.807) is 13.8 Å². The van der Waals surface area contributed by atoms with Crippen LogP contribution in [0.5, 0.6) is 0 Å². The van der Waals surface area contributed by atoms with Crippen LogP contribution in [0.1, 0.15) is 34.1 Å². The van der Waals surface area contributed by atoms with E-state index in [1.165, 1.54) is 14.8 Å². The van der Waals surface area contributed by atoms with Crippen LogP contribution in [-0.2, 0) is 9.36 Å². The maximum Gasteiger partial charge on any atom is 0.307 e. The number of nitro groups is 2. The highest BCUT2D eigenvalue weighted by Crippen LogP contribution is 2.69. The quantitative estimate of drug-likeness (QED) is 0.119. The molecule has 0 aliphatic rings. The largest absolute Gasteiger partial charge is 0.307 e. The minimum absolute atomic E-state index is 0.0606. The average Bonchev–Trinajstić information content (AvgIpc) is 2.71. The summed E-state index contributed by atoms with van der Waals surface area (Å²) < 4.78 is 16.8. The number of hydrogen-bond donors (Lipinski definition) is 0. The predicted molar refractivity (Wildman–Crippen MR) is 121 cm³/mol. The lowest BCUT2D eigenvalue weighted by molar-refractivity contribution is -0.396. The average molecular weight is 499 g/mol. The fourth-order valence-corrected chi connectivity index (χ4v) is 10.5. The predicted octanol–water partition coefficient (Wildman–Crippen LogP) is 5.56. The summed E-state index contributed by atoms with van der Waals surface area (Å²) >= 11 is 7.69. The van der Waals surface area contributed by atoms with E-state index >= 15 is 0 Å². The molecule has 2 atom stereocenters. The third-order valence-corrected chi connectivity index (χ3v) is 12.5. The number of non-ortho nitro benzene ring substituents is 1. The highest BCUT2D eigenvalue weighted by Gasteiger charge is 2.42. The second-order valence-electron chi connectivity index (χ2n) is 5.98. The molecule has 168 valence electrons. The number of amides is 1. The van der Waals surface area contributed by atoms with Crippen molar-refractivity contribution in [3.8, 4) is 0 Å². The maximum absolute atomic E-state index is 14.1. The van der Waals surface area contributed by atoms with E-state index in [2.05, 4.69) is 0 Å². The van der Waals surface area contributed by atoms with Gasteiger partial charge in [0.1, 0.15) is 10.8 Å². The van der Waals surface area contributed by atoms with Gasteiger partial charge in [-0.15, -0.1) is 11.6 Å². The Balaban J connectivity index is 3.49. The Morgan fingerprint density at radius 2 is 1.83 bits per heavy atom. The molecule has 0 aliphatic carbocycles. The fraction of sp³-hybridized carbons (Fsp3) is 0.562. The van der Waals surface area contributed by atoms with Gasteiger partial charge in [0.25, 0.3) is 11.4 Å². The van der Waals surface area contributed by atoms with Gasteiger partial charge in [-0.3, -0.25) is 34.3 Å². The molecule has 0 saturated carbocycles. The van der Waals surface area contributed by atoms with Crippen LogP contribution in [0.15, 0.2) is 23.1 Å². The number of rotatable bonds is 12. The Labute approximate surface area is 188 Å². The van der Waals surface area contributed by atoms with Gasteiger partial charge in [0.05, 0.1) is 15.9 Å². The third-order valence-electron chi connectivity index (χ3n) is 4.01. The normalized spacial score (nSPS) is 14.2. The number of alkyl halides is 1. The molecule has 0 fully saturated rings. The topological polar surface area (TPSA) is 127 Å². The number of carbonyl (C=O) groups excluding carboxylic acids is 1. The van der Waals surface area contributed by atoms with Crippen LogP contribution in [0.3, 0.4) is 0 Å². The molecule has 10 nitrogen and oxygen atoms in total. The summed E-state index contributed by atoms with van der Waals surface area (Å²) in [5.41, 5.74) is -0.891. The standard InChI is InChI=1S/C16H24ClN4O6PS2/c1-5-12(4)30-28(27,18(6-2)16(22)11-17)19(7-3)29-15-9-8-13(20(23)24)10-14(15)21(25)26/h8-10,12H,5-7,11H2,1-4H3. The number of carbonyl (C=O) groups is 1. The lowest BCUT2D eigenvalue weighted by Crippen LogP contribution is -2.33. The van der Waals surface area contributed by atoms with Gasteiger partial charge >= 0.3 is 6.65 Å². The Morgan fingerprint density at radius 3 is 2.27 bits per heavy atom. The lowest BCUT2D eigenvalue weighted by atomic mass is 10.3. The minimum Gasteiger partial charge on any atom is -0.273 e. The Morgan fingerprint density at radius 1 is 1.20 bits per heavy atom. The number of halogens is 1. The Kier molecular flexibility index (Phi) is 10.6. The molecule has 1 aromatic rings. The van der Waals surface area contributed by atoms with Gasteiger partial charge < -0.3 is 0 Å². The van der Waals surface area contributed by atoms with Crippen molar-refractivity contribution < 1.29 is 19.2 Å². The Bertz CT molecular complexity index is 846. The van der Waals surface area contributed by atoms with Gasteiger partial charge in [0.15, 0.2) is 0 Å². The van der Waals surface area contributed by atoms with Crippen molar-refractivity contribution in [2.75, 3.05) is 19.0 Å². The van der Waals surface area contributed by atoms with Gasteiger partial charge in [-0.2, -0.15) is 4.08 Å². The van der Waals surface area contributed by atoms with Gasteiger partial charge in [0.2, 0.25) is 5.91 Å². The third kappa shape index (κ3) is 6.34. The molecule has 14 heteroatoms. The first-order valence-electron chi connectivity index (χ1n) is 9.09. The highest BCUT2D eigenvalue weighted by atomic mass is 35.5. The second kappa shape index (κ2) is 11.9. The van der Waals surface area contributed by atoms with Crippen LogP contribution < -0.4 is 0 Å². The maximum atomic E-state index is 14.1. The van der Waals surface area contributed by atoms with Crippen LogP contribution >= 0.6 is 41.6 Å². The molecule has 0 N–H and O–H groups in total. The molecule has 0 radical (unpaired) electrons. The van der Waals surface area contributed by atoms with Gasteiger partial charge in [-0.25, -0.2) is 0 Å². The minimum atomic E-state index is -3.58. The van der Waals surface area contributed by atoms with E-state index in [9.17, 15) is 29.6 Å². The number of nitro benzene ring substituents is 2. The zero-order valence-electron chi connectivity index (χ0n) is 17.0. The molecule has 0 spiro atoms. The molecule has 0 aliphatic heterocycles. The van der Waals surface area contributed by atoms with Crippen LogP contribution in [0.4, 0.5) is 11.4 Å². The number of hydrogen-bond acceptors (Lipinski definition) is 8. The number of nitrogens with zero attached hydrogens (tertiary/aromatic N) is 4. The SMILES string of the molecule is CCC(C)SP(=O)(N(CC)Sc1ccc([N+](=O)[O-])cc1[N+](=O)[O-])N(CC)C(=O)CCl. The van der Waals surface area contributed by atoms with Gasteiger partial charge in [0, 0.05) is 24.4 Å².